The highest BCUT2D eigenvalue weighted by Crippen LogP contribution is 2.41. The van der Waals surface area contributed by atoms with Crippen molar-refractivity contribution in [2.75, 3.05) is 5.32 Å². The van der Waals surface area contributed by atoms with E-state index in [1.807, 2.05) is 23.9 Å². The van der Waals surface area contributed by atoms with Gasteiger partial charge < -0.3 is 15.2 Å². The molecular formula is C23H15BrClFN4O2. The van der Waals surface area contributed by atoms with Gasteiger partial charge in [0.05, 0.1) is 11.6 Å². The molecule has 0 bridgehead atoms. The van der Waals surface area contributed by atoms with E-state index in [1.165, 1.54) is 18.2 Å². The maximum absolute atomic E-state index is 14.0. The fourth-order valence-electron chi connectivity index (χ4n) is 4.02. The van der Waals surface area contributed by atoms with Crippen LogP contribution in [0.2, 0.25) is 5.02 Å². The minimum atomic E-state index is -0.710. The summed E-state index contributed by atoms with van der Waals surface area (Å²) in [6.45, 7) is 0. The van der Waals surface area contributed by atoms with Gasteiger partial charge in [0.1, 0.15) is 11.5 Å². The summed E-state index contributed by atoms with van der Waals surface area (Å²) in [7, 11) is 1.85. The third-order valence-electron chi connectivity index (χ3n) is 5.48. The summed E-state index contributed by atoms with van der Waals surface area (Å²) in [6.07, 6.45) is 3.40. The lowest BCUT2D eigenvalue weighted by Crippen LogP contribution is -2.21. The van der Waals surface area contributed by atoms with Gasteiger partial charge in [0, 0.05) is 56.7 Å². The van der Waals surface area contributed by atoms with E-state index < -0.39 is 11.9 Å². The van der Waals surface area contributed by atoms with Crippen LogP contribution in [0.15, 0.2) is 59.3 Å². The Kier molecular flexibility index (Phi) is 4.98. The second kappa shape index (κ2) is 7.72. The molecule has 160 valence electrons. The molecule has 4 aromatic rings. The predicted octanol–water partition coefficient (Wildman–Crippen LogP) is 5.21. The largest absolute Gasteiger partial charge is 0.341 e. The smallest absolute Gasteiger partial charge is 0.256 e. The summed E-state index contributed by atoms with van der Waals surface area (Å²) in [6, 6.07) is 10.1. The van der Waals surface area contributed by atoms with Gasteiger partial charge in [-0.05, 0) is 42.5 Å². The average molecular weight is 514 g/mol. The second-order valence-electron chi connectivity index (χ2n) is 7.46. The molecule has 6 nitrogen and oxygen atoms in total. The molecule has 0 aliphatic carbocycles. The van der Waals surface area contributed by atoms with Crippen LogP contribution < -0.4 is 10.6 Å². The van der Waals surface area contributed by atoms with Crippen molar-refractivity contribution < 1.29 is 14.0 Å². The van der Waals surface area contributed by atoms with Crippen molar-refractivity contribution in [3.63, 3.8) is 0 Å². The molecule has 0 fully saturated rings. The number of nitrogens with zero attached hydrogens (tertiary/aromatic N) is 2. The number of fused-ring (bicyclic) bond motifs is 2. The Morgan fingerprint density at radius 2 is 2.06 bits per heavy atom. The first-order valence-corrected chi connectivity index (χ1v) is 10.8. The molecule has 2 N–H and O–H groups in total. The minimum Gasteiger partial charge on any atom is -0.341 e. The minimum absolute atomic E-state index is 0.310. The Bertz CT molecular complexity index is 1440. The third kappa shape index (κ3) is 3.36. The number of carbonyl (C=O) groups is 2. The summed E-state index contributed by atoms with van der Waals surface area (Å²) in [5.41, 5.74) is 2.85. The summed E-state index contributed by atoms with van der Waals surface area (Å²) < 4.78 is 16.4. The van der Waals surface area contributed by atoms with E-state index in [2.05, 4.69) is 31.5 Å². The predicted molar refractivity (Wildman–Crippen MR) is 124 cm³/mol. The van der Waals surface area contributed by atoms with Crippen molar-refractivity contribution >= 4 is 56.1 Å². The van der Waals surface area contributed by atoms with E-state index >= 15 is 0 Å². The van der Waals surface area contributed by atoms with Gasteiger partial charge in [0.15, 0.2) is 0 Å². The van der Waals surface area contributed by atoms with Gasteiger partial charge in [-0.15, -0.1) is 0 Å². The molecule has 0 radical (unpaired) electrons. The molecule has 1 aliphatic rings. The maximum atomic E-state index is 14.0. The van der Waals surface area contributed by atoms with E-state index in [0.717, 1.165) is 0 Å². The fraction of sp³-hybridized carbons (Fsp3) is 0.0870. The number of anilines is 1. The first kappa shape index (κ1) is 20.7. The quantitative estimate of drug-likeness (QED) is 0.395. The van der Waals surface area contributed by atoms with Gasteiger partial charge in [-0.25, -0.2) is 9.37 Å². The number of aryl methyl sites for hydroxylation is 1. The van der Waals surface area contributed by atoms with Crippen LogP contribution in [0.1, 0.15) is 37.9 Å². The lowest BCUT2D eigenvalue weighted by atomic mass is 9.96. The van der Waals surface area contributed by atoms with Gasteiger partial charge in [0.25, 0.3) is 11.8 Å². The molecule has 2 amide bonds. The van der Waals surface area contributed by atoms with E-state index in [1.54, 1.807) is 24.4 Å². The van der Waals surface area contributed by atoms with Gasteiger partial charge in [-0.2, -0.15) is 0 Å². The summed E-state index contributed by atoms with van der Waals surface area (Å²) in [5.74, 6) is -1.16. The zero-order valence-corrected chi connectivity index (χ0v) is 19.0. The zero-order chi connectivity index (χ0) is 22.6. The molecule has 1 atom stereocenters. The number of aromatic nitrogens is 2. The fourth-order valence-corrected chi connectivity index (χ4v) is 4.71. The van der Waals surface area contributed by atoms with E-state index in [4.69, 9.17) is 11.6 Å². The number of rotatable bonds is 3. The molecule has 0 spiro atoms. The Labute approximate surface area is 195 Å². The molecule has 2 aromatic carbocycles. The molecule has 9 heteroatoms. The SMILES string of the molecule is Cn1ccc2c(C(=O)Nc3cc(Br)cc4c3C(c3cc(F)ccc3Cl)NC4=O)ccnc21. The van der Waals surface area contributed by atoms with Crippen LogP contribution in [0.5, 0.6) is 0 Å². The van der Waals surface area contributed by atoms with Gasteiger partial charge in [0.2, 0.25) is 0 Å². The van der Waals surface area contributed by atoms with E-state index in [-0.39, 0.29) is 11.8 Å². The van der Waals surface area contributed by atoms with Crippen molar-refractivity contribution in [1.82, 2.24) is 14.9 Å². The van der Waals surface area contributed by atoms with Gasteiger partial charge in [-0.3, -0.25) is 9.59 Å². The number of hydrogen-bond donors (Lipinski definition) is 2. The number of amides is 2. The van der Waals surface area contributed by atoms with E-state index in [0.29, 0.717) is 48.5 Å². The number of halogens is 3. The third-order valence-corrected chi connectivity index (χ3v) is 6.29. The van der Waals surface area contributed by atoms with Gasteiger partial charge in [-0.1, -0.05) is 27.5 Å². The van der Waals surface area contributed by atoms with Crippen molar-refractivity contribution in [3.05, 3.63) is 92.4 Å². The molecule has 1 unspecified atom stereocenters. The van der Waals surface area contributed by atoms with Crippen molar-refractivity contribution in [3.8, 4) is 0 Å². The molecule has 0 saturated carbocycles. The molecule has 5 rings (SSSR count). The van der Waals surface area contributed by atoms with Crippen LogP contribution in [-0.4, -0.2) is 21.4 Å². The molecule has 32 heavy (non-hydrogen) atoms. The van der Waals surface area contributed by atoms with Crippen molar-refractivity contribution in [2.24, 2.45) is 7.05 Å². The topological polar surface area (TPSA) is 76.0 Å². The number of nitrogens with one attached hydrogen (secondary N) is 2. The van der Waals surface area contributed by atoms with Crippen LogP contribution in [0.25, 0.3) is 11.0 Å². The summed E-state index contributed by atoms with van der Waals surface area (Å²) in [5, 5.41) is 6.78. The summed E-state index contributed by atoms with van der Waals surface area (Å²) >= 11 is 9.72. The second-order valence-corrected chi connectivity index (χ2v) is 8.79. The Balaban J connectivity index is 1.61. The van der Waals surface area contributed by atoms with Crippen LogP contribution in [0, 0.1) is 5.82 Å². The highest BCUT2D eigenvalue weighted by molar-refractivity contribution is 9.10. The van der Waals surface area contributed by atoms with Crippen LogP contribution in [-0.2, 0) is 7.05 Å². The first-order chi connectivity index (χ1) is 15.3. The zero-order valence-electron chi connectivity index (χ0n) is 16.6. The molecular weight excluding hydrogens is 499 g/mol. The number of hydrogen-bond acceptors (Lipinski definition) is 3. The molecule has 3 heterocycles. The van der Waals surface area contributed by atoms with Crippen molar-refractivity contribution in [1.29, 1.82) is 0 Å². The number of benzene rings is 2. The van der Waals surface area contributed by atoms with Gasteiger partial charge >= 0.3 is 0 Å². The number of carbonyl (C=O) groups excluding carboxylic acids is 2. The lowest BCUT2D eigenvalue weighted by molar-refractivity contribution is 0.0959. The molecule has 1 aliphatic heterocycles. The van der Waals surface area contributed by atoms with E-state index in [9.17, 15) is 14.0 Å². The Morgan fingerprint density at radius 3 is 2.88 bits per heavy atom. The highest BCUT2D eigenvalue weighted by Gasteiger charge is 2.34. The average Bonchev–Trinajstić information content (AvgIpc) is 3.30. The Morgan fingerprint density at radius 1 is 1.25 bits per heavy atom. The van der Waals surface area contributed by atoms with Crippen molar-refractivity contribution in [2.45, 2.75) is 6.04 Å². The number of pyridine rings is 1. The summed E-state index contributed by atoms with van der Waals surface area (Å²) in [4.78, 5) is 30.2. The Hall–Kier alpha value is -3.23. The molecule has 2 aromatic heterocycles. The van der Waals surface area contributed by atoms with Crippen LogP contribution in [0.3, 0.4) is 0 Å². The maximum Gasteiger partial charge on any atom is 0.256 e. The monoisotopic (exact) mass is 512 g/mol. The first-order valence-electron chi connectivity index (χ1n) is 9.64. The van der Waals surface area contributed by atoms with Crippen LogP contribution in [0.4, 0.5) is 10.1 Å². The molecule has 0 saturated heterocycles. The highest BCUT2D eigenvalue weighted by atomic mass is 79.9. The standard InChI is InChI=1S/C23H15BrClFN4O2/c1-30-7-5-13-14(4-6-27-21(13)30)22(31)28-18-9-11(24)8-16-19(18)20(29-23(16)32)15-10-12(26)2-3-17(15)25/h2-10,20H,1H3,(H,28,31)(H,29,32). The normalized spacial score (nSPS) is 15.0. The lowest BCUT2D eigenvalue weighted by Gasteiger charge is -2.18. The van der Waals surface area contributed by atoms with Crippen LogP contribution >= 0.6 is 27.5 Å².